The lowest BCUT2D eigenvalue weighted by Gasteiger charge is -2.29. The summed E-state index contributed by atoms with van der Waals surface area (Å²) in [6.07, 6.45) is 0. The lowest BCUT2D eigenvalue weighted by atomic mass is 10.1. The molecule has 0 N–H and O–H groups in total. The molecular formula is C23H29NO6. The molecule has 0 radical (unpaired) electrons. The zero-order valence-electron chi connectivity index (χ0n) is 17.9. The van der Waals surface area contributed by atoms with Crippen LogP contribution in [0.15, 0.2) is 48.5 Å². The fourth-order valence-corrected chi connectivity index (χ4v) is 3.09. The number of esters is 2. The Bertz CT molecular complexity index is 806. The van der Waals surface area contributed by atoms with Crippen LogP contribution in [0.2, 0.25) is 0 Å². The van der Waals surface area contributed by atoms with Crippen molar-refractivity contribution in [3.63, 3.8) is 0 Å². The van der Waals surface area contributed by atoms with Crippen molar-refractivity contribution in [3.05, 3.63) is 59.7 Å². The summed E-state index contributed by atoms with van der Waals surface area (Å²) in [5, 5.41) is 0. The van der Waals surface area contributed by atoms with E-state index in [1.807, 2.05) is 42.5 Å². The molecule has 0 saturated carbocycles. The van der Waals surface area contributed by atoms with Crippen LogP contribution in [0, 0.1) is 0 Å². The van der Waals surface area contributed by atoms with Gasteiger partial charge in [0, 0.05) is 24.7 Å². The minimum Gasteiger partial charge on any atom is -0.497 e. The highest BCUT2D eigenvalue weighted by Crippen LogP contribution is 2.27. The molecule has 2 aromatic carbocycles. The van der Waals surface area contributed by atoms with E-state index in [4.69, 9.17) is 18.9 Å². The van der Waals surface area contributed by atoms with Gasteiger partial charge in [-0.1, -0.05) is 36.4 Å². The van der Waals surface area contributed by atoms with Gasteiger partial charge in [0.2, 0.25) is 6.04 Å². The number of rotatable bonds is 11. The second kappa shape index (κ2) is 11.8. The molecule has 0 fully saturated rings. The Balaban J connectivity index is 2.44. The van der Waals surface area contributed by atoms with Crippen LogP contribution in [0.4, 0.5) is 0 Å². The number of carbonyl (C=O) groups excluding carboxylic acids is 2. The van der Waals surface area contributed by atoms with E-state index in [-0.39, 0.29) is 19.8 Å². The van der Waals surface area contributed by atoms with Crippen LogP contribution in [0.3, 0.4) is 0 Å². The Kier molecular flexibility index (Phi) is 9.15. The van der Waals surface area contributed by atoms with Crippen LogP contribution < -0.4 is 9.47 Å². The highest BCUT2D eigenvalue weighted by atomic mass is 16.6. The van der Waals surface area contributed by atoms with Gasteiger partial charge in [-0.25, -0.2) is 9.59 Å². The molecule has 7 heteroatoms. The van der Waals surface area contributed by atoms with E-state index in [2.05, 4.69) is 0 Å². The highest BCUT2D eigenvalue weighted by Gasteiger charge is 2.36. The number of carbonyl (C=O) groups is 2. The largest absolute Gasteiger partial charge is 0.497 e. The molecule has 0 aromatic heterocycles. The second-order valence-corrected chi connectivity index (χ2v) is 6.47. The van der Waals surface area contributed by atoms with Crippen molar-refractivity contribution in [1.82, 2.24) is 4.90 Å². The van der Waals surface area contributed by atoms with Gasteiger partial charge in [-0.15, -0.1) is 0 Å². The van der Waals surface area contributed by atoms with Crippen LogP contribution in [-0.2, 0) is 32.2 Å². The third-order valence-corrected chi connectivity index (χ3v) is 4.48. The summed E-state index contributed by atoms with van der Waals surface area (Å²) >= 11 is 0. The van der Waals surface area contributed by atoms with Gasteiger partial charge >= 0.3 is 11.9 Å². The summed E-state index contributed by atoms with van der Waals surface area (Å²) in [5.41, 5.74) is 1.75. The second-order valence-electron chi connectivity index (χ2n) is 6.47. The van der Waals surface area contributed by atoms with Crippen LogP contribution in [0.1, 0.15) is 25.0 Å². The van der Waals surface area contributed by atoms with E-state index >= 15 is 0 Å². The van der Waals surface area contributed by atoms with Gasteiger partial charge in [-0.05, 0) is 25.5 Å². The topological polar surface area (TPSA) is 74.3 Å². The van der Waals surface area contributed by atoms with Crippen LogP contribution >= 0.6 is 0 Å². The van der Waals surface area contributed by atoms with Crippen molar-refractivity contribution in [1.29, 1.82) is 0 Å². The molecule has 0 saturated heterocycles. The first kappa shape index (κ1) is 23.2. The first-order valence-electron chi connectivity index (χ1n) is 9.86. The monoisotopic (exact) mass is 415 g/mol. The zero-order valence-corrected chi connectivity index (χ0v) is 17.9. The van der Waals surface area contributed by atoms with Gasteiger partial charge in [0.25, 0.3) is 0 Å². The van der Waals surface area contributed by atoms with E-state index in [0.717, 1.165) is 11.1 Å². The van der Waals surface area contributed by atoms with Gasteiger partial charge in [-0.3, -0.25) is 4.90 Å². The van der Waals surface area contributed by atoms with Gasteiger partial charge in [0.05, 0.1) is 27.4 Å². The summed E-state index contributed by atoms with van der Waals surface area (Å²) in [6.45, 7) is 4.35. The zero-order chi connectivity index (χ0) is 21.9. The Morgan fingerprint density at radius 1 is 0.867 bits per heavy atom. The minimum absolute atomic E-state index is 0.166. The SMILES string of the molecule is CCOC(=O)C(C(=O)OCC)N(Cc1ccccc1)Cc1ccc(OC)cc1OC. The summed E-state index contributed by atoms with van der Waals surface area (Å²) in [6, 6.07) is 13.8. The Hall–Kier alpha value is -3.06. The minimum atomic E-state index is -1.20. The van der Waals surface area contributed by atoms with Crippen molar-refractivity contribution in [2.45, 2.75) is 33.0 Å². The molecule has 0 unspecified atom stereocenters. The third-order valence-electron chi connectivity index (χ3n) is 4.48. The standard InChI is InChI=1S/C23H29NO6/c1-5-29-22(25)21(23(26)30-6-2)24(15-17-10-8-7-9-11-17)16-18-12-13-19(27-3)14-20(18)28-4/h7-14,21H,5-6,15-16H2,1-4H3. The molecule has 0 bridgehead atoms. The van der Waals surface area contributed by atoms with Crippen molar-refractivity contribution >= 4 is 11.9 Å². The lowest BCUT2D eigenvalue weighted by Crippen LogP contribution is -2.47. The van der Waals surface area contributed by atoms with Crippen molar-refractivity contribution in [2.75, 3.05) is 27.4 Å². The Labute approximate surface area is 177 Å². The first-order chi connectivity index (χ1) is 14.5. The molecular weight excluding hydrogens is 386 g/mol. The Morgan fingerprint density at radius 3 is 2.03 bits per heavy atom. The summed E-state index contributed by atoms with van der Waals surface area (Å²) < 4.78 is 21.1. The van der Waals surface area contributed by atoms with Gasteiger partial charge in [0.15, 0.2) is 0 Å². The van der Waals surface area contributed by atoms with Crippen molar-refractivity contribution in [2.24, 2.45) is 0 Å². The maximum Gasteiger partial charge on any atom is 0.335 e. The van der Waals surface area contributed by atoms with E-state index in [1.54, 1.807) is 39.0 Å². The van der Waals surface area contributed by atoms with Crippen molar-refractivity contribution in [3.8, 4) is 11.5 Å². The number of ether oxygens (including phenoxy) is 4. The van der Waals surface area contributed by atoms with Crippen molar-refractivity contribution < 1.29 is 28.5 Å². The molecule has 0 spiro atoms. The fraction of sp³-hybridized carbons (Fsp3) is 0.391. The molecule has 0 atom stereocenters. The van der Waals surface area contributed by atoms with Gasteiger partial charge in [-0.2, -0.15) is 0 Å². The van der Waals surface area contributed by atoms with E-state index < -0.39 is 18.0 Å². The van der Waals surface area contributed by atoms with Crippen LogP contribution in [0.25, 0.3) is 0 Å². The van der Waals surface area contributed by atoms with E-state index in [9.17, 15) is 9.59 Å². The highest BCUT2D eigenvalue weighted by molar-refractivity contribution is 5.99. The first-order valence-corrected chi connectivity index (χ1v) is 9.86. The van der Waals surface area contributed by atoms with Gasteiger partial charge < -0.3 is 18.9 Å². The summed E-state index contributed by atoms with van der Waals surface area (Å²) in [7, 11) is 3.14. The summed E-state index contributed by atoms with van der Waals surface area (Å²) in [4.78, 5) is 27.2. The van der Waals surface area contributed by atoms with E-state index in [0.29, 0.717) is 18.0 Å². The molecule has 162 valence electrons. The quantitative estimate of drug-likeness (QED) is 0.412. The average Bonchev–Trinajstić information content (AvgIpc) is 2.75. The molecule has 0 aliphatic heterocycles. The number of nitrogens with zero attached hydrogens (tertiary/aromatic N) is 1. The molecule has 2 aromatic rings. The maximum absolute atomic E-state index is 12.7. The molecule has 30 heavy (non-hydrogen) atoms. The smallest absolute Gasteiger partial charge is 0.335 e. The van der Waals surface area contributed by atoms with E-state index in [1.165, 1.54) is 0 Å². The predicted octanol–water partition coefficient (Wildman–Crippen LogP) is 3.20. The lowest BCUT2D eigenvalue weighted by molar-refractivity contribution is -0.164. The predicted molar refractivity (Wildman–Crippen MR) is 112 cm³/mol. The number of hydrogen-bond donors (Lipinski definition) is 0. The number of hydrogen-bond acceptors (Lipinski definition) is 7. The number of methoxy groups -OCH3 is 2. The molecule has 0 aliphatic rings. The number of benzene rings is 2. The van der Waals surface area contributed by atoms with Crippen LogP contribution in [-0.4, -0.2) is 50.3 Å². The Morgan fingerprint density at radius 2 is 1.50 bits per heavy atom. The maximum atomic E-state index is 12.7. The molecule has 7 nitrogen and oxygen atoms in total. The third kappa shape index (κ3) is 6.22. The van der Waals surface area contributed by atoms with Crippen LogP contribution in [0.5, 0.6) is 11.5 Å². The summed E-state index contributed by atoms with van der Waals surface area (Å²) in [5.74, 6) is -0.0323. The fourth-order valence-electron chi connectivity index (χ4n) is 3.09. The molecule has 2 rings (SSSR count). The molecule has 0 amide bonds. The normalized spacial score (nSPS) is 10.7. The average molecular weight is 415 g/mol. The van der Waals surface area contributed by atoms with Gasteiger partial charge in [0.1, 0.15) is 11.5 Å². The molecule has 0 aliphatic carbocycles. The molecule has 0 heterocycles.